The lowest BCUT2D eigenvalue weighted by atomic mass is 9.76. The van der Waals surface area contributed by atoms with E-state index in [0.717, 1.165) is 57.4 Å². The smallest absolute Gasteiger partial charge is 0.250 e. The van der Waals surface area contributed by atoms with Gasteiger partial charge in [0.1, 0.15) is 0 Å². The molecule has 0 saturated carbocycles. The number of nitrogens with zero attached hydrogens (tertiary/aromatic N) is 2. The molecule has 0 spiro atoms. The predicted molar refractivity (Wildman–Crippen MR) is 107 cm³/mol. The zero-order chi connectivity index (χ0) is 19.0. The van der Waals surface area contributed by atoms with Crippen LogP contribution in [0.5, 0.6) is 0 Å². The normalized spacial score (nSPS) is 30.3. The summed E-state index contributed by atoms with van der Waals surface area (Å²) in [5.41, 5.74) is 1.27. The van der Waals surface area contributed by atoms with Gasteiger partial charge in [-0.05, 0) is 56.6 Å². The van der Waals surface area contributed by atoms with Gasteiger partial charge in [0.25, 0.3) is 5.56 Å². The molecular weight excluding hydrogens is 338 g/mol. The number of fused-ring (bicyclic) bond motifs is 4. The van der Waals surface area contributed by atoms with Gasteiger partial charge < -0.3 is 14.8 Å². The van der Waals surface area contributed by atoms with E-state index in [9.17, 15) is 9.59 Å². The number of carbonyl (C=O) groups excluding carboxylic acids is 1. The van der Waals surface area contributed by atoms with Gasteiger partial charge in [-0.2, -0.15) is 0 Å². The Morgan fingerprint density at radius 3 is 2.85 bits per heavy atom. The Hall–Kier alpha value is -1.62. The largest absolute Gasteiger partial charge is 0.340 e. The number of likely N-dealkylation sites (tertiary alicyclic amines) is 1. The van der Waals surface area contributed by atoms with Gasteiger partial charge in [0, 0.05) is 36.8 Å². The number of hydrogen-bond acceptors (Lipinski definition) is 3. The molecule has 1 aromatic rings. The molecule has 2 saturated heterocycles. The molecule has 0 radical (unpaired) electrons. The molecule has 0 unspecified atom stereocenters. The van der Waals surface area contributed by atoms with Crippen LogP contribution in [0.2, 0.25) is 0 Å². The Kier molecular flexibility index (Phi) is 5.40. The molecule has 5 heteroatoms. The van der Waals surface area contributed by atoms with E-state index in [-0.39, 0.29) is 23.6 Å². The average Bonchev–Trinajstić information content (AvgIpc) is 2.68. The van der Waals surface area contributed by atoms with Crippen LogP contribution in [0.4, 0.5) is 0 Å². The van der Waals surface area contributed by atoms with Crippen molar-refractivity contribution in [2.75, 3.05) is 19.6 Å². The fourth-order valence-electron chi connectivity index (χ4n) is 5.38. The third-order valence-corrected chi connectivity index (χ3v) is 6.76. The van der Waals surface area contributed by atoms with Crippen LogP contribution in [0.1, 0.15) is 70.0 Å². The number of piperidine rings is 2. The van der Waals surface area contributed by atoms with E-state index in [0.29, 0.717) is 17.8 Å². The minimum Gasteiger partial charge on any atom is -0.340 e. The summed E-state index contributed by atoms with van der Waals surface area (Å²) in [6, 6.07) is 5.91. The van der Waals surface area contributed by atoms with Crippen LogP contribution in [0.15, 0.2) is 23.0 Å². The summed E-state index contributed by atoms with van der Waals surface area (Å²) in [6.07, 6.45) is 6.51. The highest BCUT2D eigenvalue weighted by Crippen LogP contribution is 2.43. The average molecular weight is 372 g/mol. The standard InChI is InChI=1S/C22H33N3O2/c1-15(2)9-10-20-17-12-16(19-7-5-8-21(26)25(19)20)13-24(14-17)22(27)18-6-3-4-11-23-18/h5,7-8,15-18,20,23H,3-4,6,9-14H2,1-2H3/t16-,17+,18-,20+/m1/s1. The molecule has 2 fully saturated rings. The summed E-state index contributed by atoms with van der Waals surface area (Å²) in [7, 11) is 0. The summed E-state index contributed by atoms with van der Waals surface area (Å²) in [6.45, 7) is 6.99. The quantitative estimate of drug-likeness (QED) is 0.885. The fourth-order valence-corrected chi connectivity index (χ4v) is 5.38. The van der Waals surface area contributed by atoms with Gasteiger partial charge >= 0.3 is 0 Å². The van der Waals surface area contributed by atoms with Crippen molar-refractivity contribution in [1.82, 2.24) is 14.8 Å². The van der Waals surface area contributed by atoms with Crippen LogP contribution in [0.3, 0.4) is 0 Å². The lowest BCUT2D eigenvalue weighted by Crippen LogP contribution is -2.55. The highest BCUT2D eigenvalue weighted by Gasteiger charge is 2.42. The molecule has 4 heterocycles. The van der Waals surface area contributed by atoms with Gasteiger partial charge in [-0.1, -0.05) is 26.3 Å². The zero-order valence-electron chi connectivity index (χ0n) is 16.7. The van der Waals surface area contributed by atoms with Crippen molar-refractivity contribution >= 4 is 5.91 Å². The minimum absolute atomic E-state index is 0.00958. The molecule has 1 amide bonds. The van der Waals surface area contributed by atoms with Crippen molar-refractivity contribution in [3.05, 3.63) is 34.2 Å². The first-order valence-corrected chi connectivity index (χ1v) is 10.8. The number of nitrogens with one attached hydrogen (secondary N) is 1. The molecule has 1 aromatic heterocycles. The van der Waals surface area contributed by atoms with E-state index in [1.807, 2.05) is 6.07 Å². The Balaban J connectivity index is 1.61. The van der Waals surface area contributed by atoms with Crippen molar-refractivity contribution in [3.8, 4) is 0 Å². The number of carbonyl (C=O) groups is 1. The van der Waals surface area contributed by atoms with Gasteiger partial charge in [-0.3, -0.25) is 9.59 Å². The molecule has 148 valence electrons. The lowest BCUT2D eigenvalue weighted by Gasteiger charge is -2.48. The summed E-state index contributed by atoms with van der Waals surface area (Å²) in [5.74, 6) is 1.58. The van der Waals surface area contributed by atoms with E-state index in [1.165, 1.54) is 6.42 Å². The van der Waals surface area contributed by atoms with Crippen molar-refractivity contribution in [2.24, 2.45) is 11.8 Å². The third-order valence-electron chi connectivity index (χ3n) is 6.76. The van der Waals surface area contributed by atoms with E-state index >= 15 is 0 Å². The highest BCUT2D eigenvalue weighted by molar-refractivity contribution is 5.82. The third kappa shape index (κ3) is 3.71. The second-order valence-electron chi connectivity index (χ2n) is 9.14. The maximum absolute atomic E-state index is 13.1. The second-order valence-corrected chi connectivity index (χ2v) is 9.14. The van der Waals surface area contributed by atoms with Crippen LogP contribution in [-0.4, -0.2) is 41.1 Å². The lowest BCUT2D eigenvalue weighted by molar-refractivity contribution is -0.137. The Morgan fingerprint density at radius 2 is 2.11 bits per heavy atom. The molecule has 0 aliphatic carbocycles. The number of hydrogen-bond donors (Lipinski definition) is 1. The first kappa shape index (κ1) is 18.7. The zero-order valence-corrected chi connectivity index (χ0v) is 16.7. The van der Waals surface area contributed by atoms with Crippen molar-refractivity contribution in [1.29, 1.82) is 0 Å². The van der Waals surface area contributed by atoms with Crippen LogP contribution in [-0.2, 0) is 4.79 Å². The second kappa shape index (κ2) is 7.78. The van der Waals surface area contributed by atoms with E-state index in [4.69, 9.17) is 0 Å². The van der Waals surface area contributed by atoms with E-state index in [2.05, 4.69) is 34.7 Å². The SMILES string of the molecule is CC(C)CC[C@H]1[C@H]2C[C@H](CN(C(=O)[C@H]3CCCCN3)C2)c2cccc(=O)n21. The van der Waals surface area contributed by atoms with Gasteiger partial charge in [0.15, 0.2) is 0 Å². The van der Waals surface area contributed by atoms with Crippen LogP contribution >= 0.6 is 0 Å². The molecule has 4 rings (SSSR count). The maximum atomic E-state index is 13.1. The van der Waals surface area contributed by atoms with Gasteiger partial charge in [-0.15, -0.1) is 0 Å². The molecule has 3 aliphatic heterocycles. The minimum atomic E-state index is -0.00958. The summed E-state index contributed by atoms with van der Waals surface area (Å²) in [4.78, 5) is 27.9. The molecule has 0 aromatic carbocycles. The highest BCUT2D eigenvalue weighted by atomic mass is 16.2. The fraction of sp³-hybridized carbons (Fsp3) is 0.727. The first-order chi connectivity index (χ1) is 13.0. The molecule has 5 nitrogen and oxygen atoms in total. The summed E-state index contributed by atoms with van der Waals surface area (Å²) >= 11 is 0. The van der Waals surface area contributed by atoms with Crippen molar-refractivity contribution in [2.45, 2.75) is 70.4 Å². The van der Waals surface area contributed by atoms with E-state index in [1.54, 1.807) is 6.07 Å². The number of aromatic nitrogens is 1. The topological polar surface area (TPSA) is 54.3 Å². The number of rotatable bonds is 4. The Labute approximate surface area is 162 Å². The van der Waals surface area contributed by atoms with Gasteiger partial charge in [0.05, 0.1) is 6.04 Å². The maximum Gasteiger partial charge on any atom is 0.250 e. The number of pyridine rings is 1. The van der Waals surface area contributed by atoms with Gasteiger partial charge in [-0.25, -0.2) is 0 Å². The van der Waals surface area contributed by atoms with E-state index < -0.39 is 0 Å². The van der Waals surface area contributed by atoms with Gasteiger partial charge in [0.2, 0.25) is 5.91 Å². The van der Waals surface area contributed by atoms with Crippen molar-refractivity contribution < 1.29 is 4.79 Å². The Bertz CT molecular complexity index is 735. The molecule has 2 bridgehead atoms. The molecule has 3 aliphatic rings. The summed E-state index contributed by atoms with van der Waals surface area (Å²) in [5, 5.41) is 3.42. The first-order valence-electron chi connectivity index (χ1n) is 10.8. The molecule has 27 heavy (non-hydrogen) atoms. The molecule has 4 atom stereocenters. The monoisotopic (exact) mass is 371 g/mol. The number of amides is 1. The van der Waals surface area contributed by atoms with Crippen LogP contribution in [0.25, 0.3) is 0 Å². The molecule has 1 N–H and O–H groups in total. The van der Waals surface area contributed by atoms with Crippen LogP contribution < -0.4 is 10.9 Å². The van der Waals surface area contributed by atoms with Crippen LogP contribution in [0, 0.1) is 11.8 Å². The van der Waals surface area contributed by atoms with Crippen molar-refractivity contribution in [3.63, 3.8) is 0 Å². The summed E-state index contributed by atoms with van der Waals surface area (Å²) < 4.78 is 2.07. The predicted octanol–water partition coefficient (Wildman–Crippen LogP) is 2.91. The molecular formula is C22H33N3O2. The Morgan fingerprint density at radius 1 is 1.26 bits per heavy atom.